The molecule has 0 aromatic heterocycles. The van der Waals surface area contributed by atoms with Crippen molar-refractivity contribution in [3.05, 3.63) is 30.3 Å². The van der Waals surface area contributed by atoms with Crippen molar-refractivity contribution in [2.75, 3.05) is 25.0 Å². The van der Waals surface area contributed by atoms with Crippen LogP contribution in [-0.2, 0) is 4.79 Å². The van der Waals surface area contributed by atoms with Crippen molar-refractivity contribution >= 4 is 11.6 Å². The highest BCUT2D eigenvalue weighted by atomic mass is 16.2. The normalized spacial score (nSPS) is 20.9. The largest absolute Gasteiger partial charge is 0.326 e. The summed E-state index contributed by atoms with van der Waals surface area (Å²) in [6.45, 7) is 2.17. The van der Waals surface area contributed by atoms with Crippen LogP contribution in [0, 0.1) is 0 Å². The SMILES string of the molecule is N[C@H]1CCN(CC(=O)Nc2ccccc2)C1. The Balaban J connectivity index is 1.81. The van der Waals surface area contributed by atoms with Crippen LogP contribution < -0.4 is 11.1 Å². The zero-order valence-corrected chi connectivity index (χ0v) is 9.23. The first kappa shape index (κ1) is 11.1. The molecule has 0 aliphatic carbocycles. The van der Waals surface area contributed by atoms with Gasteiger partial charge in [0.25, 0.3) is 0 Å². The van der Waals surface area contributed by atoms with Gasteiger partial charge in [-0.05, 0) is 18.6 Å². The number of rotatable bonds is 3. The smallest absolute Gasteiger partial charge is 0.238 e. The van der Waals surface area contributed by atoms with Gasteiger partial charge >= 0.3 is 0 Å². The van der Waals surface area contributed by atoms with E-state index >= 15 is 0 Å². The Hall–Kier alpha value is -1.39. The monoisotopic (exact) mass is 219 g/mol. The highest BCUT2D eigenvalue weighted by Crippen LogP contribution is 2.08. The zero-order chi connectivity index (χ0) is 11.4. The number of hydrogen-bond donors (Lipinski definition) is 2. The molecule has 1 aliphatic heterocycles. The minimum absolute atomic E-state index is 0.0281. The Bertz CT molecular complexity index is 353. The number of benzene rings is 1. The summed E-state index contributed by atoms with van der Waals surface area (Å²) in [5.74, 6) is 0.0281. The number of likely N-dealkylation sites (tertiary alicyclic amines) is 1. The number of carbonyl (C=O) groups is 1. The molecule has 0 radical (unpaired) electrons. The average molecular weight is 219 g/mol. The van der Waals surface area contributed by atoms with E-state index in [1.807, 2.05) is 30.3 Å². The second kappa shape index (κ2) is 5.09. The molecule has 16 heavy (non-hydrogen) atoms. The molecule has 86 valence electrons. The highest BCUT2D eigenvalue weighted by Gasteiger charge is 2.20. The molecule has 1 aliphatic rings. The van der Waals surface area contributed by atoms with E-state index in [1.165, 1.54) is 0 Å². The third-order valence-corrected chi connectivity index (χ3v) is 2.73. The van der Waals surface area contributed by atoms with Gasteiger partial charge in [-0.1, -0.05) is 18.2 Å². The summed E-state index contributed by atoms with van der Waals surface area (Å²) in [5.41, 5.74) is 6.62. The van der Waals surface area contributed by atoms with E-state index in [4.69, 9.17) is 5.73 Å². The average Bonchev–Trinajstić information content (AvgIpc) is 2.65. The molecular weight excluding hydrogens is 202 g/mol. The minimum Gasteiger partial charge on any atom is -0.326 e. The fourth-order valence-corrected chi connectivity index (χ4v) is 1.93. The molecule has 1 heterocycles. The van der Waals surface area contributed by atoms with E-state index in [1.54, 1.807) is 0 Å². The number of nitrogens with one attached hydrogen (secondary N) is 1. The number of nitrogens with zero attached hydrogens (tertiary/aromatic N) is 1. The molecule has 3 N–H and O–H groups in total. The quantitative estimate of drug-likeness (QED) is 0.785. The van der Waals surface area contributed by atoms with Crippen LogP contribution in [-0.4, -0.2) is 36.5 Å². The summed E-state index contributed by atoms with van der Waals surface area (Å²) in [4.78, 5) is 13.8. The Kier molecular flexibility index (Phi) is 3.54. The topological polar surface area (TPSA) is 58.4 Å². The van der Waals surface area contributed by atoms with Gasteiger partial charge in [-0.2, -0.15) is 0 Å². The van der Waals surface area contributed by atoms with Crippen LogP contribution >= 0.6 is 0 Å². The van der Waals surface area contributed by atoms with Gasteiger partial charge in [-0.3, -0.25) is 9.69 Å². The number of amides is 1. The molecule has 1 aromatic rings. The summed E-state index contributed by atoms with van der Waals surface area (Å²) in [6, 6.07) is 9.73. The van der Waals surface area contributed by atoms with Gasteiger partial charge in [0.1, 0.15) is 0 Å². The zero-order valence-electron chi connectivity index (χ0n) is 9.23. The Labute approximate surface area is 95.4 Å². The Morgan fingerprint density at radius 2 is 2.19 bits per heavy atom. The summed E-state index contributed by atoms with van der Waals surface area (Å²) in [6.07, 6.45) is 0.985. The summed E-state index contributed by atoms with van der Waals surface area (Å²) >= 11 is 0. The maximum Gasteiger partial charge on any atom is 0.238 e. The van der Waals surface area contributed by atoms with Gasteiger partial charge in [-0.25, -0.2) is 0 Å². The van der Waals surface area contributed by atoms with Crippen LogP contribution in [0.15, 0.2) is 30.3 Å². The number of hydrogen-bond acceptors (Lipinski definition) is 3. The molecule has 0 spiro atoms. The van der Waals surface area contributed by atoms with E-state index < -0.39 is 0 Å². The molecule has 1 atom stereocenters. The lowest BCUT2D eigenvalue weighted by Gasteiger charge is -2.14. The molecule has 1 aromatic carbocycles. The number of para-hydroxylation sites is 1. The molecule has 0 bridgehead atoms. The molecule has 2 rings (SSSR count). The van der Waals surface area contributed by atoms with Gasteiger partial charge in [0.05, 0.1) is 6.54 Å². The molecule has 1 saturated heterocycles. The van der Waals surface area contributed by atoms with Crippen LogP contribution in [0.1, 0.15) is 6.42 Å². The second-order valence-corrected chi connectivity index (χ2v) is 4.20. The van der Waals surface area contributed by atoms with Crippen molar-refractivity contribution < 1.29 is 4.79 Å². The minimum atomic E-state index is 0.0281. The maximum absolute atomic E-state index is 11.7. The van der Waals surface area contributed by atoms with Crippen molar-refractivity contribution in [1.82, 2.24) is 4.90 Å². The second-order valence-electron chi connectivity index (χ2n) is 4.20. The van der Waals surface area contributed by atoms with Gasteiger partial charge in [0.15, 0.2) is 0 Å². The fourth-order valence-electron chi connectivity index (χ4n) is 1.93. The first-order valence-electron chi connectivity index (χ1n) is 5.57. The lowest BCUT2D eigenvalue weighted by Crippen LogP contribution is -2.33. The van der Waals surface area contributed by atoms with Crippen LogP contribution in [0.3, 0.4) is 0 Å². The van der Waals surface area contributed by atoms with Gasteiger partial charge in [0, 0.05) is 24.8 Å². The number of nitrogens with two attached hydrogens (primary N) is 1. The molecule has 4 nitrogen and oxygen atoms in total. The van der Waals surface area contributed by atoms with Gasteiger partial charge < -0.3 is 11.1 Å². The summed E-state index contributed by atoms with van der Waals surface area (Å²) < 4.78 is 0. The van der Waals surface area contributed by atoms with Crippen LogP contribution in [0.4, 0.5) is 5.69 Å². The van der Waals surface area contributed by atoms with Gasteiger partial charge in [0.2, 0.25) is 5.91 Å². The standard InChI is InChI=1S/C12H17N3O/c13-10-6-7-15(8-10)9-12(16)14-11-4-2-1-3-5-11/h1-5,10H,6-9,13H2,(H,14,16)/t10-/m0/s1. The first-order chi connectivity index (χ1) is 7.74. The Morgan fingerprint density at radius 1 is 1.44 bits per heavy atom. The fraction of sp³-hybridized carbons (Fsp3) is 0.417. The first-order valence-corrected chi connectivity index (χ1v) is 5.57. The maximum atomic E-state index is 11.7. The van der Waals surface area contributed by atoms with Crippen molar-refractivity contribution in [3.8, 4) is 0 Å². The lowest BCUT2D eigenvalue weighted by atomic mass is 10.3. The van der Waals surface area contributed by atoms with E-state index in [2.05, 4.69) is 10.2 Å². The predicted octanol–water partition coefficient (Wildman–Crippen LogP) is 0.658. The van der Waals surface area contributed by atoms with Crippen LogP contribution in [0.5, 0.6) is 0 Å². The number of carbonyl (C=O) groups excluding carboxylic acids is 1. The highest BCUT2D eigenvalue weighted by molar-refractivity contribution is 5.92. The van der Waals surface area contributed by atoms with Crippen LogP contribution in [0.2, 0.25) is 0 Å². The van der Waals surface area contributed by atoms with Crippen molar-refractivity contribution in [2.45, 2.75) is 12.5 Å². The van der Waals surface area contributed by atoms with Crippen molar-refractivity contribution in [1.29, 1.82) is 0 Å². The third kappa shape index (κ3) is 3.05. The van der Waals surface area contributed by atoms with E-state index in [-0.39, 0.29) is 11.9 Å². The van der Waals surface area contributed by atoms with E-state index in [0.717, 1.165) is 25.2 Å². The Morgan fingerprint density at radius 3 is 2.81 bits per heavy atom. The summed E-state index contributed by atoms with van der Waals surface area (Å²) in [5, 5.41) is 2.86. The summed E-state index contributed by atoms with van der Waals surface area (Å²) in [7, 11) is 0. The number of anilines is 1. The van der Waals surface area contributed by atoms with Crippen molar-refractivity contribution in [2.24, 2.45) is 5.73 Å². The molecule has 1 amide bonds. The molecule has 0 saturated carbocycles. The molecule has 1 fully saturated rings. The van der Waals surface area contributed by atoms with Crippen LogP contribution in [0.25, 0.3) is 0 Å². The molecular formula is C12H17N3O. The van der Waals surface area contributed by atoms with E-state index in [0.29, 0.717) is 6.54 Å². The molecule has 4 heteroatoms. The van der Waals surface area contributed by atoms with Crippen molar-refractivity contribution in [3.63, 3.8) is 0 Å². The predicted molar refractivity (Wildman–Crippen MR) is 64.1 cm³/mol. The van der Waals surface area contributed by atoms with Gasteiger partial charge in [-0.15, -0.1) is 0 Å². The lowest BCUT2D eigenvalue weighted by molar-refractivity contribution is -0.117. The third-order valence-electron chi connectivity index (χ3n) is 2.73. The molecule has 0 unspecified atom stereocenters. The van der Waals surface area contributed by atoms with E-state index in [9.17, 15) is 4.79 Å².